The zero-order chi connectivity index (χ0) is 27.4. The first-order valence-corrected chi connectivity index (χ1v) is 12.8. The van der Waals surface area contributed by atoms with E-state index in [1.807, 2.05) is 67.8 Å². The van der Waals surface area contributed by atoms with E-state index in [0.29, 0.717) is 43.7 Å². The molecule has 1 aliphatic rings. The van der Waals surface area contributed by atoms with E-state index >= 15 is 0 Å². The third-order valence-electron chi connectivity index (χ3n) is 6.47. The number of fused-ring (bicyclic) bond motifs is 1. The summed E-state index contributed by atoms with van der Waals surface area (Å²) in [7, 11) is 1.61. The fourth-order valence-electron chi connectivity index (χ4n) is 4.65. The molecule has 9 heteroatoms. The predicted molar refractivity (Wildman–Crippen MR) is 145 cm³/mol. The summed E-state index contributed by atoms with van der Waals surface area (Å²) < 4.78 is 18.0. The Labute approximate surface area is 222 Å². The number of ether oxygens (including phenoxy) is 3. The maximum absolute atomic E-state index is 13.0. The Bertz CT molecular complexity index is 1310. The van der Waals surface area contributed by atoms with Crippen LogP contribution in [0.15, 0.2) is 42.5 Å². The molecule has 4 rings (SSSR count). The molecule has 0 radical (unpaired) electrons. The summed E-state index contributed by atoms with van der Waals surface area (Å²) >= 11 is 0. The number of esters is 1. The Hall–Kier alpha value is -4.01. The first kappa shape index (κ1) is 27.0. The molecule has 2 heterocycles. The standard InChI is InChI=1S/C29H35N3O6/c1-6-37-27(34)26-24(19-33)23-12-9-21(30-13-15-31(16-14-30)28(35)38-29(2,3)4)17-25(23)32(26)18-20-7-10-22(36-5)11-8-20/h7-12,17,19H,6,13-16,18H2,1-5H3. The maximum Gasteiger partial charge on any atom is 0.410 e. The van der Waals surface area contributed by atoms with Gasteiger partial charge in [-0.15, -0.1) is 0 Å². The molecule has 0 unspecified atom stereocenters. The topological polar surface area (TPSA) is 90.3 Å². The number of amides is 1. The summed E-state index contributed by atoms with van der Waals surface area (Å²) in [6.45, 7) is 10.2. The largest absolute Gasteiger partial charge is 0.497 e. The van der Waals surface area contributed by atoms with E-state index in [1.165, 1.54) is 0 Å². The molecule has 0 bridgehead atoms. The lowest BCUT2D eigenvalue weighted by molar-refractivity contribution is 0.0240. The molecular formula is C29H35N3O6. The van der Waals surface area contributed by atoms with Gasteiger partial charge in [-0.2, -0.15) is 0 Å². The number of carbonyl (C=O) groups is 3. The second kappa shape index (κ2) is 11.2. The average molecular weight is 522 g/mol. The van der Waals surface area contributed by atoms with Crippen molar-refractivity contribution in [2.24, 2.45) is 0 Å². The van der Waals surface area contributed by atoms with Crippen LogP contribution < -0.4 is 9.64 Å². The minimum absolute atomic E-state index is 0.203. The molecule has 0 spiro atoms. The first-order chi connectivity index (χ1) is 18.1. The summed E-state index contributed by atoms with van der Waals surface area (Å²) in [6.07, 6.45) is 0.411. The number of methoxy groups -OCH3 is 1. The van der Waals surface area contributed by atoms with E-state index in [4.69, 9.17) is 14.2 Å². The Balaban J connectivity index is 1.68. The van der Waals surface area contributed by atoms with E-state index < -0.39 is 11.6 Å². The molecule has 0 aliphatic carbocycles. The van der Waals surface area contributed by atoms with Crippen molar-refractivity contribution >= 4 is 34.9 Å². The number of rotatable bonds is 7. The Morgan fingerprint density at radius 1 is 1.00 bits per heavy atom. The zero-order valence-corrected chi connectivity index (χ0v) is 22.7. The van der Waals surface area contributed by atoms with Gasteiger partial charge in [0.05, 0.1) is 24.8 Å². The van der Waals surface area contributed by atoms with Crippen molar-refractivity contribution < 1.29 is 28.6 Å². The number of hydrogen-bond donors (Lipinski definition) is 0. The summed E-state index contributed by atoms with van der Waals surface area (Å²) in [5.41, 5.74) is 2.66. The number of aromatic nitrogens is 1. The predicted octanol–water partition coefficient (Wildman–Crippen LogP) is 4.74. The highest BCUT2D eigenvalue weighted by Gasteiger charge is 2.28. The molecule has 1 saturated heterocycles. The maximum atomic E-state index is 13.0. The van der Waals surface area contributed by atoms with Crippen molar-refractivity contribution in [1.82, 2.24) is 9.47 Å². The molecule has 1 fully saturated rings. The lowest BCUT2D eigenvalue weighted by Gasteiger charge is -2.36. The van der Waals surface area contributed by atoms with Gasteiger partial charge in [-0.25, -0.2) is 9.59 Å². The van der Waals surface area contributed by atoms with Gasteiger partial charge in [0.2, 0.25) is 0 Å². The highest BCUT2D eigenvalue weighted by molar-refractivity contribution is 6.09. The van der Waals surface area contributed by atoms with Gasteiger partial charge in [0.1, 0.15) is 17.0 Å². The summed E-state index contributed by atoms with van der Waals surface area (Å²) in [4.78, 5) is 41.6. The van der Waals surface area contributed by atoms with Crippen LogP contribution in [0.5, 0.6) is 5.75 Å². The minimum Gasteiger partial charge on any atom is -0.497 e. The smallest absolute Gasteiger partial charge is 0.410 e. The van der Waals surface area contributed by atoms with Gasteiger partial charge in [0.15, 0.2) is 6.29 Å². The van der Waals surface area contributed by atoms with E-state index in [9.17, 15) is 14.4 Å². The number of carbonyl (C=O) groups excluding carboxylic acids is 3. The minimum atomic E-state index is -0.540. The first-order valence-electron chi connectivity index (χ1n) is 12.8. The third kappa shape index (κ3) is 5.77. The molecule has 9 nitrogen and oxygen atoms in total. The molecule has 202 valence electrons. The normalized spacial score (nSPS) is 13.9. The second-order valence-electron chi connectivity index (χ2n) is 10.2. The van der Waals surface area contributed by atoms with E-state index in [-0.39, 0.29) is 18.4 Å². The van der Waals surface area contributed by atoms with Gasteiger partial charge in [-0.05, 0) is 57.5 Å². The monoisotopic (exact) mass is 521 g/mol. The lowest BCUT2D eigenvalue weighted by Crippen LogP contribution is -2.50. The number of aldehydes is 1. The SMILES string of the molecule is CCOC(=O)c1c(C=O)c2ccc(N3CCN(C(=O)OC(C)(C)C)CC3)cc2n1Cc1ccc(OC)cc1. The van der Waals surface area contributed by atoms with Gasteiger partial charge in [0, 0.05) is 43.8 Å². The van der Waals surface area contributed by atoms with Crippen molar-refractivity contribution in [1.29, 1.82) is 0 Å². The highest BCUT2D eigenvalue weighted by atomic mass is 16.6. The third-order valence-corrected chi connectivity index (χ3v) is 6.47. The highest BCUT2D eigenvalue weighted by Crippen LogP contribution is 2.31. The van der Waals surface area contributed by atoms with Gasteiger partial charge in [-0.3, -0.25) is 4.79 Å². The van der Waals surface area contributed by atoms with E-state index in [1.54, 1.807) is 18.9 Å². The molecule has 0 atom stereocenters. The van der Waals surface area contributed by atoms with Crippen LogP contribution in [0, 0.1) is 0 Å². The van der Waals surface area contributed by atoms with Crippen molar-refractivity contribution in [3.05, 3.63) is 59.3 Å². The van der Waals surface area contributed by atoms with Gasteiger partial charge in [-0.1, -0.05) is 18.2 Å². The number of piperazine rings is 1. The van der Waals surface area contributed by atoms with Crippen molar-refractivity contribution in [3.8, 4) is 5.75 Å². The molecular weight excluding hydrogens is 486 g/mol. The van der Waals surface area contributed by atoms with Crippen molar-refractivity contribution in [3.63, 3.8) is 0 Å². The Kier molecular flexibility index (Phi) is 7.94. The number of nitrogens with zero attached hydrogens (tertiary/aromatic N) is 3. The van der Waals surface area contributed by atoms with Crippen LogP contribution >= 0.6 is 0 Å². The molecule has 1 amide bonds. The number of hydrogen-bond acceptors (Lipinski definition) is 7. The fraction of sp³-hybridized carbons (Fsp3) is 0.414. The van der Waals surface area contributed by atoms with Gasteiger partial charge < -0.3 is 28.6 Å². The Morgan fingerprint density at radius 3 is 2.26 bits per heavy atom. The van der Waals surface area contributed by atoms with Crippen LogP contribution in [0.2, 0.25) is 0 Å². The average Bonchev–Trinajstić information content (AvgIpc) is 3.21. The second-order valence-corrected chi connectivity index (χ2v) is 10.2. The van der Waals surface area contributed by atoms with Crippen LogP contribution in [0.25, 0.3) is 10.9 Å². The van der Waals surface area contributed by atoms with Crippen LogP contribution in [-0.4, -0.2) is 73.3 Å². The summed E-state index contributed by atoms with van der Waals surface area (Å²) in [6, 6.07) is 13.4. The molecule has 2 aromatic carbocycles. The van der Waals surface area contributed by atoms with Crippen molar-refractivity contribution in [2.45, 2.75) is 39.8 Å². The quantitative estimate of drug-likeness (QED) is 0.328. The number of benzene rings is 2. The van der Waals surface area contributed by atoms with Crippen LogP contribution in [-0.2, 0) is 16.0 Å². The molecule has 3 aromatic rings. The summed E-state index contributed by atoms with van der Waals surface area (Å²) in [5.74, 6) is 0.199. The van der Waals surface area contributed by atoms with Crippen LogP contribution in [0.3, 0.4) is 0 Å². The fourth-order valence-corrected chi connectivity index (χ4v) is 4.65. The van der Waals surface area contributed by atoms with Gasteiger partial charge >= 0.3 is 12.1 Å². The van der Waals surface area contributed by atoms with Crippen molar-refractivity contribution in [2.75, 3.05) is 44.8 Å². The lowest BCUT2D eigenvalue weighted by atomic mass is 10.1. The molecule has 38 heavy (non-hydrogen) atoms. The van der Waals surface area contributed by atoms with Crippen LogP contribution in [0.4, 0.5) is 10.5 Å². The molecule has 0 saturated carbocycles. The van der Waals surface area contributed by atoms with Crippen LogP contribution in [0.1, 0.15) is 54.1 Å². The molecule has 1 aliphatic heterocycles. The molecule has 1 aromatic heterocycles. The van der Waals surface area contributed by atoms with E-state index in [2.05, 4.69) is 4.90 Å². The Morgan fingerprint density at radius 2 is 1.68 bits per heavy atom. The molecule has 0 N–H and O–H groups in total. The summed E-state index contributed by atoms with van der Waals surface area (Å²) in [5, 5.41) is 0.688. The van der Waals surface area contributed by atoms with E-state index in [0.717, 1.165) is 28.8 Å². The zero-order valence-electron chi connectivity index (χ0n) is 22.7. The number of anilines is 1. The van der Waals surface area contributed by atoms with Gasteiger partial charge in [0.25, 0.3) is 0 Å².